The van der Waals surface area contributed by atoms with Gasteiger partial charge in [0.25, 0.3) is 0 Å². The van der Waals surface area contributed by atoms with E-state index in [1.54, 1.807) is 0 Å². The molecule has 103 valence electrons. The van der Waals surface area contributed by atoms with E-state index in [9.17, 15) is 22.0 Å². The van der Waals surface area contributed by atoms with E-state index in [1.807, 2.05) is 0 Å². The molecule has 0 rings (SSSR count). The third-order valence-corrected chi connectivity index (χ3v) is 2.23. The van der Waals surface area contributed by atoms with Crippen LogP contribution < -0.4 is 0 Å². The van der Waals surface area contributed by atoms with E-state index in [0.29, 0.717) is 6.61 Å². The molecule has 0 aliphatic rings. The van der Waals surface area contributed by atoms with Crippen molar-refractivity contribution in [3.63, 3.8) is 0 Å². The Morgan fingerprint density at radius 3 is 1.82 bits per heavy atom. The highest BCUT2D eigenvalue weighted by molar-refractivity contribution is 4.75. The van der Waals surface area contributed by atoms with Gasteiger partial charge in [0.1, 0.15) is 0 Å². The summed E-state index contributed by atoms with van der Waals surface area (Å²) in [6, 6.07) is 0. The molecule has 0 aliphatic carbocycles. The van der Waals surface area contributed by atoms with Gasteiger partial charge in [-0.05, 0) is 19.3 Å². The monoisotopic (exact) mass is 261 g/mol. The predicted octanol–water partition coefficient (Wildman–Crippen LogP) is 4.38. The smallest absolute Gasteiger partial charge is 0.381 e. The topological polar surface area (TPSA) is 9.23 Å². The molecule has 0 saturated heterocycles. The van der Waals surface area contributed by atoms with Gasteiger partial charge in [0.2, 0.25) is 0 Å². The van der Waals surface area contributed by atoms with Crippen LogP contribution >= 0.6 is 0 Å². The van der Waals surface area contributed by atoms with Crippen molar-refractivity contribution in [3.05, 3.63) is 6.92 Å². The van der Waals surface area contributed by atoms with Crippen molar-refractivity contribution in [2.75, 3.05) is 13.2 Å². The van der Waals surface area contributed by atoms with Crippen LogP contribution in [0.5, 0.6) is 0 Å². The summed E-state index contributed by atoms with van der Waals surface area (Å²) in [7, 11) is 0. The van der Waals surface area contributed by atoms with Crippen LogP contribution in [-0.4, -0.2) is 25.3 Å². The highest BCUT2D eigenvalue weighted by atomic mass is 19.4. The molecule has 0 aromatic carbocycles. The molecule has 1 nitrogen and oxygen atoms in total. The molecule has 0 aliphatic heterocycles. The lowest BCUT2D eigenvalue weighted by atomic mass is 10.1. The summed E-state index contributed by atoms with van der Waals surface area (Å²) in [6.07, 6.45) is -4.02. The van der Waals surface area contributed by atoms with Gasteiger partial charge in [-0.15, -0.1) is 0 Å². The minimum atomic E-state index is -5.44. The van der Waals surface area contributed by atoms with E-state index >= 15 is 0 Å². The van der Waals surface area contributed by atoms with Crippen LogP contribution in [0.4, 0.5) is 22.0 Å². The molecular weight excluding hydrogens is 243 g/mol. The first-order valence-corrected chi connectivity index (χ1v) is 5.63. The van der Waals surface area contributed by atoms with Crippen molar-refractivity contribution >= 4 is 0 Å². The lowest BCUT2D eigenvalue weighted by Crippen LogP contribution is -2.36. The van der Waals surface area contributed by atoms with Crippen LogP contribution in [-0.2, 0) is 4.74 Å². The maximum absolute atomic E-state index is 12.4. The van der Waals surface area contributed by atoms with Crippen molar-refractivity contribution in [3.8, 4) is 0 Å². The lowest BCUT2D eigenvalue weighted by Gasteiger charge is -2.19. The van der Waals surface area contributed by atoms with Gasteiger partial charge in [0.05, 0.1) is 0 Å². The fraction of sp³-hybridized carbons (Fsp3) is 0.909. The standard InChI is InChI=1S/C11H18F5O/c1-2-3-5-8-17-9-6-4-7-10(12,13)11(14,15)16/h1-9H2. The molecule has 0 heterocycles. The van der Waals surface area contributed by atoms with Crippen molar-refractivity contribution in [2.45, 2.75) is 50.6 Å². The van der Waals surface area contributed by atoms with Crippen molar-refractivity contribution in [1.82, 2.24) is 0 Å². The first-order chi connectivity index (χ1) is 7.81. The molecule has 0 spiro atoms. The molecule has 0 bridgehead atoms. The number of halogens is 5. The predicted molar refractivity (Wildman–Crippen MR) is 54.9 cm³/mol. The Hall–Kier alpha value is -0.390. The van der Waals surface area contributed by atoms with Gasteiger partial charge in [-0.1, -0.05) is 19.8 Å². The number of hydrogen-bond donors (Lipinski definition) is 0. The SMILES string of the molecule is [CH2]CCCCOCCCCC(F)(F)C(F)(F)F. The molecular formula is C11H18F5O. The quantitative estimate of drug-likeness (QED) is 0.442. The molecule has 0 saturated carbocycles. The molecule has 0 unspecified atom stereocenters. The van der Waals surface area contributed by atoms with Crippen molar-refractivity contribution in [2.24, 2.45) is 0 Å². The largest absolute Gasteiger partial charge is 0.453 e. The Bertz CT molecular complexity index is 191. The maximum atomic E-state index is 12.4. The molecule has 0 aromatic heterocycles. The molecule has 0 N–H and O–H groups in total. The zero-order valence-corrected chi connectivity index (χ0v) is 9.66. The highest BCUT2D eigenvalue weighted by Gasteiger charge is 2.56. The number of ether oxygens (including phenoxy) is 1. The number of rotatable bonds is 9. The van der Waals surface area contributed by atoms with Gasteiger partial charge < -0.3 is 4.74 Å². The number of unbranched alkanes of at least 4 members (excludes halogenated alkanes) is 3. The van der Waals surface area contributed by atoms with E-state index in [-0.39, 0.29) is 19.4 Å². The summed E-state index contributed by atoms with van der Waals surface area (Å²) in [5.74, 6) is -4.58. The Balaban J connectivity index is 3.46. The summed E-state index contributed by atoms with van der Waals surface area (Å²) >= 11 is 0. The highest BCUT2D eigenvalue weighted by Crippen LogP contribution is 2.38. The Morgan fingerprint density at radius 2 is 1.35 bits per heavy atom. The molecule has 0 amide bonds. The zero-order valence-electron chi connectivity index (χ0n) is 9.66. The zero-order chi connectivity index (χ0) is 13.4. The normalized spacial score (nSPS) is 13.1. The van der Waals surface area contributed by atoms with Gasteiger partial charge in [0.15, 0.2) is 0 Å². The van der Waals surface area contributed by atoms with E-state index in [1.165, 1.54) is 0 Å². The van der Waals surface area contributed by atoms with E-state index in [4.69, 9.17) is 4.74 Å². The third kappa shape index (κ3) is 7.52. The van der Waals surface area contributed by atoms with Crippen molar-refractivity contribution < 1.29 is 26.7 Å². The lowest BCUT2D eigenvalue weighted by molar-refractivity contribution is -0.284. The first kappa shape index (κ1) is 16.6. The third-order valence-electron chi connectivity index (χ3n) is 2.23. The number of alkyl halides is 5. The van der Waals surface area contributed by atoms with Crippen LogP contribution in [0, 0.1) is 6.92 Å². The Labute approximate surface area is 98.3 Å². The second kappa shape index (κ2) is 7.84. The second-order valence-corrected chi connectivity index (χ2v) is 3.83. The fourth-order valence-corrected chi connectivity index (χ4v) is 1.18. The van der Waals surface area contributed by atoms with E-state index in [0.717, 1.165) is 19.3 Å². The summed E-state index contributed by atoms with van der Waals surface area (Å²) in [6.45, 7) is 4.37. The molecule has 6 heteroatoms. The minimum absolute atomic E-state index is 0.193. The maximum Gasteiger partial charge on any atom is 0.453 e. The van der Waals surface area contributed by atoms with Gasteiger partial charge >= 0.3 is 12.1 Å². The molecule has 1 radical (unpaired) electrons. The van der Waals surface area contributed by atoms with Crippen molar-refractivity contribution in [1.29, 1.82) is 0 Å². The average molecular weight is 261 g/mol. The van der Waals surface area contributed by atoms with Gasteiger partial charge in [-0.25, -0.2) is 0 Å². The van der Waals surface area contributed by atoms with Gasteiger partial charge in [0, 0.05) is 19.6 Å². The summed E-state index contributed by atoms with van der Waals surface area (Å²) in [4.78, 5) is 0. The van der Waals surface area contributed by atoms with E-state index < -0.39 is 18.5 Å². The fourth-order valence-electron chi connectivity index (χ4n) is 1.18. The molecule has 0 atom stereocenters. The Kier molecular flexibility index (Phi) is 7.66. The van der Waals surface area contributed by atoms with Crippen LogP contribution in [0.1, 0.15) is 38.5 Å². The average Bonchev–Trinajstić information content (AvgIpc) is 2.20. The van der Waals surface area contributed by atoms with Crippen LogP contribution in [0.15, 0.2) is 0 Å². The Morgan fingerprint density at radius 1 is 0.824 bits per heavy atom. The van der Waals surface area contributed by atoms with Crippen LogP contribution in [0.25, 0.3) is 0 Å². The first-order valence-electron chi connectivity index (χ1n) is 5.63. The summed E-state index contributed by atoms with van der Waals surface area (Å²) < 4.78 is 65.2. The second-order valence-electron chi connectivity index (χ2n) is 3.83. The molecule has 0 aromatic rings. The minimum Gasteiger partial charge on any atom is -0.381 e. The van der Waals surface area contributed by atoms with Gasteiger partial charge in [-0.2, -0.15) is 22.0 Å². The van der Waals surface area contributed by atoms with Crippen LogP contribution in [0.3, 0.4) is 0 Å². The molecule has 0 fully saturated rings. The van der Waals surface area contributed by atoms with Gasteiger partial charge in [-0.3, -0.25) is 0 Å². The van der Waals surface area contributed by atoms with E-state index in [2.05, 4.69) is 6.92 Å². The summed E-state index contributed by atoms with van der Waals surface area (Å²) in [5, 5.41) is 0. The number of hydrogen-bond acceptors (Lipinski definition) is 1. The molecule has 17 heavy (non-hydrogen) atoms. The summed E-state index contributed by atoms with van der Waals surface area (Å²) in [5.41, 5.74) is 0. The van der Waals surface area contributed by atoms with Crippen LogP contribution in [0.2, 0.25) is 0 Å².